The monoisotopic (exact) mass is 297 g/mol. The van der Waals surface area contributed by atoms with Gasteiger partial charge in [0.05, 0.1) is 11.5 Å². The van der Waals surface area contributed by atoms with E-state index in [9.17, 15) is 13.5 Å². The maximum absolute atomic E-state index is 12.8. The van der Waals surface area contributed by atoms with E-state index < -0.39 is 10.0 Å². The Morgan fingerprint density at radius 3 is 2.50 bits per heavy atom. The summed E-state index contributed by atoms with van der Waals surface area (Å²) in [5.74, 6) is 0. The molecule has 0 aromatic heterocycles. The van der Waals surface area contributed by atoms with Crippen molar-refractivity contribution >= 4 is 10.0 Å². The first-order valence-corrected chi connectivity index (χ1v) is 8.59. The molecule has 2 rings (SSSR count). The molecular weight excluding hydrogens is 274 g/mol. The molecular formula is C15H23NO3S. The fourth-order valence-electron chi connectivity index (χ4n) is 2.82. The summed E-state index contributed by atoms with van der Waals surface area (Å²) in [7, 11) is -1.80. The Morgan fingerprint density at radius 1 is 1.25 bits per heavy atom. The van der Waals surface area contributed by atoms with Crippen LogP contribution in [-0.4, -0.2) is 30.9 Å². The van der Waals surface area contributed by atoms with Gasteiger partial charge in [0.2, 0.25) is 10.0 Å². The van der Waals surface area contributed by atoms with Crippen molar-refractivity contribution in [2.75, 3.05) is 7.05 Å². The molecule has 0 aliphatic heterocycles. The standard InChI is InChI=1S/C15H23NO3S/c1-12-8-9-13(11-17)10-15(12)20(18,19)16(2)14-6-4-3-5-7-14/h8-10,14,17H,3-7,11H2,1-2H3. The van der Waals surface area contributed by atoms with Crippen LogP contribution < -0.4 is 0 Å². The zero-order valence-electron chi connectivity index (χ0n) is 12.2. The Bertz CT molecular complexity index is 562. The first-order valence-electron chi connectivity index (χ1n) is 7.15. The van der Waals surface area contributed by atoms with Crippen LogP contribution in [0.15, 0.2) is 23.1 Å². The molecule has 20 heavy (non-hydrogen) atoms. The third-order valence-corrected chi connectivity index (χ3v) is 6.23. The molecule has 0 spiro atoms. The molecule has 0 saturated heterocycles. The average Bonchev–Trinajstić information content (AvgIpc) is 2.47. The van der Waals surface area contributed by atoms with Crippen molar-refractivity contribution in [1.29, 1.82) is 0 Å². The molecule has 1 fully saturated rings. The van der Waals surface area contributed by atoms with Gasteiger partial charge in [-0.15, -0.1) is 0 Å². The molecule has 4 nitrogen and oxygen atoms in total. The minimum Gasteiger partial charge on any atom is -0.392 e. The van der Waals surface area contributed by atoms with Gasteiger partial charge in [-0.3, -0.25) is 0 Å². The van der Waals surface area contributed by atoms with Crippen molar-refractivity contribution in [3.05, 3.63) is 29.3 Å². The van der Waals surface area contributed by atoms with Crippen molar-refractivity contribution in [1.82, 2.24) is 4.31 Å². The summed E-state index contributed by atoms with van der Waals surface area (Å²) in [5, 5.41) is 9.20. The molecule has 1 aliphatic carbocycles. The predicted octanol–water partition coefficient (Wildman–Crippen LogP) is 2.44. The number of hydrogen-bond acceptors (Lipinski definition) is 3. The minimum atomic E-state index is -3.48. The Labute approximate surface area is 121 Å². The molecule has 1 aromatic rings. The van der Waals surface area contributed by atoms with Crippen LogP contribution in [-0.2, 0) is 16.6 Å². The molecule has 1 N–H and O–H groups in total. The van der Waals surface area contributed by atoms with Gasteiger partial charge in [-0.05, 0) is 37.0 Å². The van der Waals surface area contributed by atoms with E-state index in [2.05, 4.69) is 0 Å². The van der Waals surface area contributed by atoms with E-state index in [4.69, 9.17) is 0 Å². The van der Waals surface area contributed by atoms with Crippen LogP contribution in [0.1, 0.15) is 43.2 Å². The first kappa shape index (κ1) is 15.5. The number of sulfonamides is 1. The fraction of sp³-hybridized carbons (Fsp3) is 0.600. The molecule has 1 aliphatic rings. The lowest BCUT2D eigenvalue weighted by Crippen LogP contribution is -2.38. The Balaban J connectivity index is 2.33. The maximum Gasteiger partial charge on any atom is 0.243 e. The second kappa shape index (κ2) is 6.24. The summed E-state index contributed by atoms with van der Waals surface area (Å²) in [6, 6.07) is 5.21. The van der Waals surface area contributed by atoms with E-state index in [-0.39, 0.29) is 12.6 Å². The molecule has 0 amide bonds. The molecule has 112 valence electrons. The van der Waals surface area contributed by atoms with E-state index >= 15 is 0 Å². The number of benzene rings is 1. The van der Waals surface area contributed by atoms with Crippen LogP contribution in [0.25, 0.3) is 0 Å². The average molecular weight is 297 g/mol. The lowest BCUT2D eigenvalue weighted by molar-refractivity contribution is 0.280. The summed E-state index contributed by atoms with van der Waals surface area (Å²) < 4.78 is 27.1. The van der Waals surface area contributed by atoms with Crippen LogP contribution in [0.3, 0.4) is 0 Å². The summed E-state index contributed by atoms with van der Waals surface area (Å²) in [5.41, 5.74) is 1.36. The minimum absolute atomic E-state index is 0.103. The third kappa shape index (κ3) is 3.05. The van der Waals surface area contributed by atoms with Gasteiger partial charge in [-0.1, -0.05) is 31.4 Å². The van der Waals surface area contributed by atoms with Gasteiger partial charge < -0.3 is 5.11 Å². The Morgan fingerprint density at radius 2 is 1.90 bits per heavy atom. The molecule has 1 aromatic carbocycles. The largest absolute Gasteiger partial charge is 0.392 e. The van der Waals surface area contributed by atoms with Gasteiger partial charge in [0.1, 0.15) is 0 Å². The second-order valence-electron chi connectivity index (χ2n) is 5.57. The highest BCUT2D eigenvalue weighted by atomic mass is 32.2. The SMILES string of the molecule is Cc1ccc(CO)cc1S(=O)(=O)N(C)C1CCCCC1. The van der Waals surface area contributed by atoms with Crippen molar-refractivity contribution in [2.24, 2.45) is 0 Å². The fourth-order valence-corrected chi connectivity index (χ4v) is 4.51. The van der Waals surface area contributed by atoms with Crippen molar-refractivity contribution in [3.8, 4) is 0 Å². The molecule has 0 unspecified atom stereocenters. The summed E-state index contributed by atoms with van der Waals surface area (Å²) in [4.78, 5) is 0.317. The molecule has 1 saturated carbocycles. The van der Waals surface area contributed by atoms with Gasteiger partial charge in [-0.2, -0.15) is 4.31 Å². The van der Waals surface area contributed by atoms with Crippen LogP contribution >= 0.6 is 0 Å². The highest BCUT2D eigenvalue weighted by Gasteiger charge is 2.30. The van der Waals surface area contributed by atoms with E-state index in [1.807, 2.05) is 0 Å². The van der Waals surface area contributed by atoms with E-state index in [0.29, 0.717) is 10.5 Å². The number of aryl methyl sites for hydroxylation is 1. The highest BCUT2D eigenvalue weighted by Crippen LogP contribution is 2.28. The van der Waals surface area contributed by atoms with Crippen molar-refractivity contribution in [3.63, 3.8) is 0 Å². The summed E-state index contributed by atoms with van der Waals surface area (Å²) in [6.07, 6.45) is 5.27. The number of aliphatic hydroxyl groups excluding tert-OH is 1. The number of nitrogens with zero attached hydrogens (tertiary/aromatic N) is 1. The van der Waals surface area contributed by atoms with E-state index in [1.165, 1.54) is 10.7 Å². The van der Waals surface area contributed by atoms with Crippen LogP contribution in [0.2, 0.25) is 0 Å². The second-order valence-corrected chi connectivity index (χ2v) is 7.54. The van der Waals surface area contributed by atoms with Gasteiger partial charge in [0.15, 0.2) is 0 Å². The van der Waals surface area contributed by atoms with Crippen molar-refractivity contribution in [2.45, 2.75) is 56.6 Å². The van der Waals surface area contributed by atoms with Crippen molar-refractivity contribution < 1.29 is 13.5 Å². The first-order chi connectivity index (χ1) is 9.46. The van der Waals surface area contributed by atoms with Gasteiger partial charge in [-0.25, -0.2) is 8.42 Å². The van der Waals surface area contributed by atoms with Gasteiger partial charge >= 0.3 is 0 Å². The summed E-state index contributed by atoms with van der Waals surface area (Å²) in [6.45, 7) is 1.65. The quantitative estimate of drug-likeness (QED) is 0.928. The maximum atomic E-state index is 12.8. The molecule has 0 atom stereocenters. The molecule has 0 bridgehead atoms. The predicted molar refractivity (Wildman–Crippen MR) is 78.9 cm³/mol. The third-order valence-electron chi connectivity index (χ3n) is 4.18. The number of hydrogen-bond donors (Lipinski definition) is 1. The van der Waals surface area contributed by atoms with Crippen LogP contribution in [0.5, 0.6) is 0 Å². The topological polar surface area (TPSA) is 57.6 Å². The molecule has 0 radical (unpaired) electrons. The highest BCUT2D eigenvalue weighted by molar-refractivity contribution is 7.89. The summed E-state index contributed by atoms with van der Waals surface area (Å²) >= 11 is 0. The van der Waals surface area contributed by atoms with E-state index in [0.717, 1.165) is 31.2 Å². The van der Waals surface area contributed by atoms with E-state index in [1.54, 1.807) is 32.2 Å². The zero-order chi connectivity index (χ0) is 14.8. The Hall–Kier alpha value is -0.910. The lowest BCUT2D eigenvalue weighted by Gasteiger charge is -2.30. The number of rotatable bonds is 4. The zero-order valence-corrected chi connectivity index (χ0v) is 13.0. The van der Waals surface area contributed by atoms with Gasteiger partial charge in [0, 0.05) is 13.1 Å². The smallest absolute Gasteiger partial charge is 0.243 e. The number of aliphatic hydroxyl groups is 1. The Kier molecular flexibility index (Phi) is 4.83. The normalized spacial score (nSPS) is 17.6. The van der Waals surface area contributed by atoms with Gasteiger partial charge in [0.25, 0.3) is 0 Å². The van der Waals surface area contributed by atoms with Crippen LogP contribution in [0, 0.1) is 6.92 Å². The lowest BCUT2D eigenvalue weighted by atomic mass is 9.96. The van der Waals surface area contributed by atoms with Crippen LogP contribution in [0.4, 0.5) is 0 Å². The molecule has 0 heterocycles. The molecule has 5 heteroatoms.